The summed E-state index contributed by atoms with van der Waals surface area (Å²) in [5.41, 5.74) is 0. The number of hydrogen-bond acceptors (Lipinski definition) is 6. The van der Waals surface area contributed by atoms with Gasteiger partial charge in [0.2, 0.25) is 5.91 Å². The molecule has 30 heavy (non-hydrogen) atoms. The highest BCUT2D eigenvalue weighted by molar-refractivity contribution is 7.71. The standard InChI is InChI=1S/C21H27N5OS3/c1-14-7-9-25(10-8-14)16(17-5-3-11-29-17)13-22-20(27)15(2)26-19(23-24-21(26)28)18-6-4-12-30-18/h3-6,11-12,14-16H,7-10,13H2,1-2H3,(H,22,27)(H,24,28). The van der Waals surface area contributed by atoms with Gasteiger partial charge in [-0.05, 0) is 73.9 Å². The number of rotatable bonds is 7. The molecule has 0 spiro atoms. The second-order valence-electron chi connectivity index (χ2n) is 7.87. The van der Waals surface area contributed by atoms with Crippen molar-refractivity contribution in [3.63, 3.8) is 0 Å². The number of aromatic nitrogens is 3. The van der Waals surface area contributed by atoms with Crippen LogP contribution in [0.15, 0.2) is 35.0 Å². The Balaban J connectivity index is 1.48. The van der Waals surface area contributed by atoms with E-state index in [1.165, 1.54) is 17.7 Å². The number of likely N-dealkylation sites (tertiary alicyclic amines) is 1. The van der Waals surface area contributed by atoms with Crippen molar-refractivity contribution in [2.24, 2.45) is 5.92 Å². The first-order valence-corrected chi connectivity index (χ1v) is 12.5. The number of nitrogens with zero attached hydrogens (tertiary/aromatic N) is 3. The second kappa shape index (κ2) is 9.55. The van der Waals surface area contributed by atoms with Crippen LogP contribution in [-0.4, -0.2) is 45.2 Å². The highest BCUT2D eigenvalue weighted by atomic mass is 32.1. The van der Waals surface area contributed by atoms with Gasteiger partial charge in [0.05, 0.1) is 10.9 Å². The molecule has 0 saturated carbocycles. The fraction of sp³-hybridized carbons (Fsp3) is 0.476. The van der Waals surface area contributed by atoms with Gasteiger partial charge in [-0.2, -0.15) is 5.10 Å². The topological polar surface area (TPSA) is 66.0 Å². The molecule has 2 atom stereocenters. The molecule has 4 rings (SSSR count). The molecular formula is C21H27N5OS3. The van der Waals surface area contributed by atoms with Crippen LogP contribution in [0.2, 0.25) is 0 Å². The van der Waals surface area contributed by atoms with Gasteiger partial charge in [0, 0.05) is 11.4 Å². The van der Waals surface area contributed by atoms with Crippen LogP contribution in [0.25, 0.3) is 10.7 Å². The van der Waals surface area contributed by atoms with Gasteiger partial charge in [0.1, 0.15) is 6.04 Å². The molecule has 3 aromatic rings. The minimum absolute atomic E-state index is 0.0442. The Bertz CT molecular complexity index is 1000. The van der Waals surface area contributed by atoms with Gasteiger partial charge in [-0.25, -0.2) is 0 Å². The third-order valence-corrected chi connectivity index (χ3v) is 7.94. The molecule has 1 saturated heterocycles. The molecule has 2 N–H and O–H groups in total. The van der Waals surface area contributed by atoms with Crippen LogP contribution in [0.1, 0.15) is 43.6 Å². The maximum atomic E-state index is 13.1. The molecule has 0 radical (unpaired) electrons. The predicted octanol–water partition coefficient (Wildman–Crippen LogP) is 4.88. The molecule has 1 aliphatic heterocycles. The first kappa shape index (κ1) is 21.4. The minimum atomic E-state index is -0.446. The van der Waals surface area contributed by atoms with Crippen LogP contribution in [-0.2, 0) is 4.79 Å². The van der Waals surface area contributed by atoms with Crippen molar-refractivity contribution < 1.29 is 4.79 Å². The van der Waals surface area contributed by atoms with Crippen molar-refractivity contribution in [2.75, 3.05) is 19.6 Å². The van der Waals surface area contributed by atoms with Crippen LogP contribution in [0.3, 0.4) is 0 Å². The summed E-state index contributed by atoms with van der Waals surface area (Å²) in [4.78, 5) is 17.9. The first-order valence-electron chi connectivity index (χ1n) is 10.3. The highest BCUT2D eigenvalue weighted by Crippen LogP contribution is 2.30. The number of piperidine rings is 1. The normalized spacial score (nSPS) is 17.7. The molecule has 160 valence electrons. The van der Waals surface area contributed by atoms with Gasteiger partial charge >= 0.3 is 0 Å². The highest BCUT2D eigenvalue weighted by Gasteiger charge is 2.27. The monoisotopic (exact) mass is 461 g/mol. The van der Waals surface area contributed by atoms with Crippen LogP contribution in [0.5, 0.6) is 0 Å². The van der Waals surface area contributed by atoms with Gasteiger partial charge in [0.25, 0.3) is 0 Å². The molecule has 0 bridgehead atoms. The zero-order valence-corrected chi connectivity index (χ0v) is 19.7. The lowest BCUT2D eigenvalue weighted by Crippen LogP contribution is -2.43. The fourth-order valence-corrected chi connectivity index (χ4v) is 5.80. The molecule has 3 aromatic heterocycles. The minimum Gasteiger partial charge on any atom is -0.352 e. The van der Waals surface area contributed by atoms with Crippen molar-refractivity contribution in [1.29, 1.82) is 0 Å². The summed E-state index contributed by atoms with van der Waals surface area (Å²) >= 11 is 8.76. The number of carbonyl (C=O) groups is 1. The number of amides is 1. The summed E-state index contributed by atoms with van der Waals surface area (Å²) in [6.07, 6.45) is 2.42. The molecule has 4 heterocycles. The van der Waals surface area contributed by atoms with Crippen LogP contribution >= 0.6 is 34.9 Å². The third-order valence-electron chi connectivity index (χ3n) is 5.81. The molecule has 1 aliphatic rings. The lowest BCUT2D eigenvalue weighted by molar-refractivity contribution is -0.124. The largest absolute Gasteiger partial charge is 0.352 e. The summed E-state index contributed by atoms with van der Waals surface area (Å²) in [7, 11) is 0. The van der Waals surface area contributed by atoms with Gasteiger partial charge < -0.3 is 5.32 Å². The van der Waals surface area contributed by atoms with E-state index in [2.05, 4.69) is 44.9 Å². The van der Waals surface area contributed by atoms with E-state index in [9.17, 15) is 4.79 Å². The quantitative estimate of drug-likeness (QED) is 0.492. The first-order chi connectivity index (χ1) is 14.5. The Labute approximate surface area is 189 Å². The van der Waals surface area contributed by atoms with Crippen LogP contribution in [0, 0.1) is 10.7 Å². The van der Waals surface area contributed by atoms with Crippen LogP contribution < -0.4 is 5.32 Å². The third kappa shape index (κ3) is 4.59. The summed E-state index contributed by atoms with van der Waals surface area (Å²) in [5, 5.41) is 14.5. The Morgan fingerprint density at radius 3 is 2.70 bits per heavy atom. The number of hydrogen-bond donors (Lipinski definition) is 2. The SMILES string of the molecule is CC1CCN(C(CNC(=O)C(C)n2c(-c3cccs3)n[nH]c2=S)c2cccs2)CC1. The Morgan fingerprint density at radius 1 is 1.30 bits per heavy atom. The predicted molar refractivity (Wildman–Crippen MR) is 125 cm³/mol. The summed E-state index contributed by atoms with van der Waals surface area (Å²) in [5.74, 6) is 1.44. The molecular weight excluding hydrogens is 434 g/mol. The van der Waals surface area contributed by atoms with Crippen molar-refractivity contribution in [3.8, 4) is 10.7 Å². The van der Waals surface area contributed by atoms with Crippen molar-refractivity contribution in [3.05, 3.63) is 44.7 Å². The van der Waals surface area contributed by atoms with Crippen molar-refractivity contribution >= 4 is 40.8 Å². The molecule has 0 aliphatic carbocycles. The second-order valence-corrected chi connectivity index (χ2v) is 10.2. The number of aromatic amines is 1. The number of thiophene rings is 2. The Hall–Kier alpha value is -1.81. The summed E-state index contributed by atoms with van der Waals surface area (Å²) in [6, 6.07) is 7.98. The van der Waals surface area contributed by atoms with Crippen molar-refractivity contribution in [1.82, 2.24) is 25.0 Å². The molecule has 1 fully saturated rings. The molecule has 9 heteroatoms. The van der Waals surface area contributed by atoms with Crippen LogP contribution in [0.4, 0.5) is 0 Å². The van der Waals surface area contributed by atoms with E-state index in [1.54, 1.807) is 27.2 Å². The van der Waals surface area contributed by atoms with Gasteiger partial charge in [0.15, 0.2) is 10.6 Å². The Morgan fingerprint density at radius 2 is 2.03 bits per heavy atom. The number of H-pyrrole nitrogens is 1. The lowest BCUT2D eigenvalue weighted by atomic mass is 9.97. The van der Waals surface area contributed by atoms with E-state index in [4.69, 9.17) is 12.2 Å². The van der Waals surface area contributed by atoms with E-state index < -0.39 is 6.04 Å². The van der Waals surface area contributed by atoms with E-state index in [0.29, 0.717) is 17.1 Å². The average molecular weight is 462 g/mol. The average Bonchev–Trinajstić information content (AvgIpc) is 3.50. The van der Waals surface area contributed by atoms with Gasteiger partial charge in [-0.15, -0.1) is 22.7 Å². The molecule has 0 aromatic carbocycles. The van der Waals surface area contributed by atoms with Crippen molar-refractivity contribution in [2.45, 2.75) is 38.8 Å². The Kier molecular flexibility index (Phi) is 6.82. The maximum absolute atomic E-state index is 13.1. The summed E-state index contributed by atoms with van der Waals surface area (Å²) < 4.78 is 2.26. The summed E-state index contributed by atoms with van der Waals surface area (Å²) in [6.45, 7) is 6.94. The zero-order chi connectivity index (χ0) is 21.1. The smallest absolute Gasteiger partial charge is 0.243 e. The number of nitrogens with one attached hydrogen (secondary N) is 2. The van der Waals surface area contributed by atoms with E-state index >= 15 is 0 Å². The molecule has 2 unspecified atom stereocenters. The van der Waals surface area contributed by atoms with Gasteiger partial charge in [-0.1, -0.05) is 19.1 Å². The molecule has 6 nitrogen and oxygen atoms in total. The maximum Gasteiger partial charge on any atom is 0.243 e. The lowest BCUT2D eigenvalue weighted by Gasteiger charge is -2.36. The van der Waals surface area contributed by atoms with E-state index in [1.807, 2.05) is 24.4 Å². The van der Waals surface area contributed by atoms with E-state index in [-0.39, 0.29) is 11.9 Å². The van der Waals surface area contributed by atoms with E-state index in [0.717, 1.165) is 23.9 Å². The molecule has 1 amide bonds. The number of carbonyl (C=O) groups excluding carboxylic acids is 1. The van der Waals surface area contributed by atoms with Gasteiger partial charge in [-0.3, -0.25) is 19.4 Å². The zero-order valence-electron chi connectivity index (χ0n) is 17.2. The fourth-order valence-electron chi connectivity index (χ4n) is 3.94.